The fraction of sp³-hybridized carbons (Fsp3) is 0. The zero-order valence-corrected chi connectivity index (χ0v) is 12.6. The Balaban J connectivity index is 2.07. The van der Waals surface area contributed by atoms with Gasteiger partial charge in [-0.3, -0.25) is 0 Å². The van der Waals surface area contributed by atoms with Crippen LogP contribution in [0.1, 0.15) is 5.69 Å². The number of H-pyrrole nitrogens is 1. The maximum Gasteiger partial charge on any atom is 0.191 e. The number of nitrogens with zero attached hydrogens (tertiary/aromatic N) is 3. The number of nitriles is 1. The number of fused-ring (bicyclic) bond motifs is 1. The number of halogens is 1. The molecule has 0 aliphatic heterocycles. The number of hydrogen-bond donors (Lipinski definition) is 1. The summed E-state index contributed by atoms with van der Waals surface area (Å²) in [7, 11) is 0. The van der Waals surface area contributed by atoms with E-state index in [9.17, 15) is 9.65 Å². The molecule has 110 valence electrons. The first-order valence-corrected chi connectivity index (χ1v) is 7.68. The minimum Gasteiger partial charge on any atom is -0.207 e. The molecule has 4 rings (SSSR count). The van der Waals surface area contributed by atoms with Gasteiger partial charge in [0.15, 0.2) is 5.69 Å². The van der Waals surface area contributed by atoms with Crippen LogP contribution in [0.2, 0.25) is 0 Å². The zero-order chi connectivity index (χ0) is 15.8. The van der Waals surface area contributed by atoms with E-state index in [0.717, 1.165) is 26.1 Å². The van der Waals surface area contributed by atoms with Crippen LogP contribution in [0.15, 0.2) is 48.5 Å². The highest BCUT2D eigenvalue weighted by Crippen LogP contribution is 2.44. The van der Waals surface area contributed by atoms with E-state index in [0.29, 0.717) is 5.69 Å². The molecule has 0 spiro atoms. The molecular formula is C17H9FN4S. The van der Waals surface area contributed by atoms with E-state index in [1.165, 1.54) is 12.1 Å². The molecule has 23 heavy (non-hydrogen) atoms. The Morgan fingerprint density at radius 3 is 2.61 bits per heavy atom. The molecule has 4 nitrogen and oxygen atoms in total. The fourth-order valence-electron chi connectivity index (χ4n) is 2.58. The first kappa shape index (κ1) is 13.6. The van der Waals surface area contributed by atoms with Gasteiger partial charge in [-0.15, -0.1) is 16.4 Å². The maximum absolute atomic E-state index is 13.3. The van der Waals surface area contributed by atoms with Crippen LogP contribution in [0.4, 0.5) is 4.39 Å². The standard InChI is InChI=1S/C17H9FN4S/c18-11-7-5-10(6-8-11)15-12-3-1-2-4-14(12)23-17(15)16-13(9-19)20-22-21-16/h1-8H,(H,20,21,22). The lowest BCUT2D eigenvalue weighted by Crippen LogP contribution is -1.84. The van der Waals surface area contributed by atoms with Gasteiger partial charge in [-0.05, 0) is 23.8 Å². The van der Waals surface area contributed by atoms with E-state index in [1.54, 1.807) is 23.5 Å². The number of rotatable bonds is 2. The quantitative estimate of drug-likeness (QED) is 0.596. The molecule has 2 aromatic heterocycles. The zero-order valence-electron chi connectivity index (χ0n) is 11.7. The average molecular weight is 320 g/mol. The van der Waals surface area contributed by atoms with Crippen LogP contribution < -0.4 is 0 Å². The van der Waals surface area contributed by atoms with E-state index in [4.69, 9.17) is 0 Å². The van der Waals surface area contributed by atoms with Crippen molar-refractivity contribution in [3.8, 4) is 27.8 Å². The van der Waals surface area contributed by atoms with Crippen molar-refractivity contribution < 1.29 is 4.39 Å². The monoisotopic (exact) mass is 320 g/mol. The van der Waals surface area contributed by atoms with Crippen molar-refractivity contribution in [1.29, 1.82) is 5.26 Å². The molecule has 0 aliphatic rings. The molecule has 0 radical (unpaired) electrons. The van der Waals surface area contributed by atoms with Crippen molar-refractivity contribution in [2.45, 2.75) is 0 Å². The summed E-state index contributed by atoms with van der Waals surface area (Å²) in [6.45, 7) is 0. The minimum absolute atomic E-state index is 0.250. The molecule has 0 atom stereocenters. The molecular weight excluding hydrogens is 311 g/mol. The number of aromatic amines is 1. The third-order valence-electron chi connectivity index (χ3n) is 3.60. The van der Waals surface area contributed by atoms with Crippen molar-refractivity contribution in [1.82, 2.24) is 15.4 Å². The van der Waals surface area contributed by atoms with E-state index >= 15 is 0 Å². The Morgan fingerprint density at radius 1 is 1.04 bits per heavy atom. The molecule has 2 heterocycles. The number of nitrogens with one attached hydrogen (secondary N) is 1. The number of benzene rings is 2. The third-order valence-corrected chi connectivity index (χ3v) is 4.77. The summed E-state index contributed by atoms with van der Waals surface area (Å²) < 4.78 is 14.3. The highest BCUT2D eigenvalue weighted by molar-refractivity contribution is 7.23. The first-order valence-electron chi connectivity index (χ1n) is 6.86. The van der Waals surface area contributed by atoms with Crippen LogP contribution in [-0.4, -0.2) is 15.4 Å². The molecule has 0 aliphatic carbocycles. The van der Waals surface area contributed by atoms with Crippen LogP contribution in [0.3, 0.4) is 0 Å². The van der Waals surface area contributed by atoms with Crippen molar-refractivity contribution in [3.63, 3.8) is 0 Å². The van der Waals surface area contributed by atoms with Crippen molar-refractivity contribution in [2.24, 2.45) is 0 Å². The fourth-order valence-corrected chi connectivity index (χ4v) is 3.80. The Morgan fingerprint density at radius 2 is 1.83 bits per heavy atom. The number of hydrogen-bond acceptors (Lipinski definition) is 4. The van der Waals surface area contributed by atoms with Gasteiger partial charge in [0.2, 0.25) is 0 Å². The van der Waals surface area contributed by atoms with Gasteiger partial charge in [0.05, 0.1) is 4.88 Å². The normalized spacial score (nSPS) is 10.8. The molecule has 2 aromatic carbocycles. The van der Waals surface area contributed by atoms with Gasteiger partial charge in [-0.25, -0.2) is 4.39 Å². The summed E-state index contributed by atoms with van der Waals surface area (Å²) in [4.78, 5) is 0.850. The molecule has 0 bridgehead atoms. The number of thiophene rings is 1. The summed E-state index contributed by atoms with van der Waals surface area (Å²) in [6, 6.07) is 16.3. The van der Waals surface area contributed by atoms with Gasteiger partial charge in [-0.1, -0.05) is 30.3 Å². The van der Waals surface area contributed by atoms with E-state index in [-0.39, 0.29) is 11.5 Å². The summed E-state index contributed by atoms with van der Waals surface area (Å²) in [5.41, 5.74) is 2.59. The summed E-state index contributed by atoms with van der Waals surface area (Å²) >= 11 is 1.54. The van der Waals surface area contributed by atoms with Gasteiger partial charge >= 0.3 is 0 Å². The second-order valence-corrected chi connectivity index (χ2v) is 5.99. The average Bonchev–Trinajstić information content (AvgIpc) is 3.19. The number of aromatic nitrogens is 3. The van der Waals surface area contributed by atoms with E-state index in [1.807, 2.05) is 30.3 Å². The van der Waals surface area contributed by atoms with Gasteiger partial charge in [0.1, 0.15) is 17.6 Å². The Kier molecular flexibility index (Phi) is 3.14. The Hall–Kier alpha value is -3.04. The SMILES string of the molecule is N#Cc1n[nH]nc1-c1sc2ccccc2c1-c1ccc(F)cc1. The largest absolute Gasteiger partial charge is 0.207 e. The molecule has 6 heteroatoms. The molecule has 4 aromatic rings. The molecule has 0 saturated heterocycles. The third kappa shape index (κ3) is 2.18. The Labute approximate surface area is 134 Å². The van der Waals surface area contributed by atoms with Crippen molar-refractivity contribution in [3.05, 3.63) is 60.0 Å². The Bertz CT molecular complexity index is 1040. The second-order valence-electron chi connectivity index (χ2n) is 4.94. The van der Waals surface area contributed by atoms with Gasteiger partial charge in [-0.2, -0.15) is 15.6 Å². The van der Waals surface area contributed by atoms with Gasteiger partial charge in [0.25, 0.3) is 0 Å². The minimum atomic E-state index is -0.283. The predicted octanol–water partition coefficient (Wildman–Crippen LogP) is 4.36. The highest BCUT2D eigenvalue weighted by atomic mass is 32.1. The summed E-state index contributed by atoms with van der Waals surface area (Å²) in [6.07, 6.45) is 0. The lowest BCUT2D eigenvalue weighted by Gasteiger charge is -2.03. The molecule has 0 amide bonds. The smallest absolute Gasteiger partial charge is 0.191 e. The summed E-state index contributed by atoms with van der Waals surface area (Å²) in [5.74, 6) is -0.283. The second kappa shape index (κ2) is 5.30. The predicted molar refractivity (Wildman–Crippen MR) is 87.3 cm³/mol. The van der Waals surface area contributed by atoms with Crippen LogP contribution in [0, 0.1) is 17.1 Å². The molecule has 0 unspecified atom stereocenters. The lowest BCUT2D eigenvalue weighted by molar-refractivity contribution is 0.628. The van der Waals surface area contributed by atoms with Crippen LogP contribution >= 0.6 is 11.3 Å². The topological polar surface area (TPSA) is 65.4 Å². The van der Waals surface area contributed by atoms with Crippen molar-refractivity contribution >= 4 is 21.4 Å². The first-order chi connectivity index (χ1) is 11.3. The van der Waals surface area contributed by atoms with Crippen LogP contribution in [-0.2, 0) is 0 Å². The molecule has 0 fully saturated rings. The van der Waals surface area contributed by atoms with E-state index in [2.05, 4.69) is 15.4 Å². The van der Waals surface area contributed by atoms with Crippen LogP contribution in [0.25, 0.3) is 31.8 Å². The van der Waals surface area contributed by atoms with Crippen molar-refractivity contribution in [2.75, 3.05) is 0 Å². The highest BCUT2D eigenvalue weighted by Gasteiger charge is 2.20. The van der Waals surface area contributed by atoms with Crippen LogP contribution in [0.5, 0.6) is 0 Å². The van der Waals surface area contributed by atoms with Gasteiger partial charge in [0, 0.05) is 15.6 Å². The molecule has 1 N–H and O–H groups in total. The van der Waals surface area contributed by atoms with Gasteiger partial charge < -0.3 is 0 Å². The van der Waals surface area contributed by atoms with E-state index < -0.39 is 0 Å². The molecule has 0 saturated carbocycles. The maximum atomic E-state index is 13.3. The lowest BCUT2D eigenvalue weighted by atomic mass is 10.0. The summed E-state index contributed by atoms with van der Waals surface area (Å²) in [5, 5.41) is 20.8.